The summed E-state index contributed by atoms with van der Waals surface area (Å²) in [6.45, 7) is 24.6. The van der Waals surface area contributed by atoms with Crippen molar-refractivity contribution in [3.63, 3.8) is 0 Å². The van der Waals surface area contributed by atoms with Crippen LogP contribution in [0.4, 0.5) is 0 Å². The first-order chi connectivity index (χ1) is 17.8. The minimum atomic E-state index is -1.82. The van der Waals surface area contributed by atoms with Crippen LogP contribution in [0.5, 0.6) is 0 Å². The molecule has 39 heavy (non-hydrogen) atoms. The Balaban J connectivity index is 0.000000216. The van der Waals surface area contributed by atoms with Gasteiger partial charge in [-0.15, -0.1) is 20.4 Å². The largest absolute Gasteiger partial charge is 0.423 e. The minimum absolute atomic E-state index is 0.147. The molecule has 10 nitrogen and oxygen atoms in total. The fraction of sp³-hybridized carbons (Fsp3) is 0.852. The first-order valence-corrected chi connectivity index (χ1v) is 20.1. The summed E-state index contributed by atoms with van der Waals surface area (Å²) in [6.07, 6.45) is 3.64. The van der Waals surface area contributed by atoms with Crippen molar-refractivity contribution < 1.29 is 17.7 Å². The fourth-order valence-electron chi connectivity index (χ4n) is 3.92. The second-order valence-electron chi connectivity index (χ2n) is 14.4. The zero-order valence-corrected chi connectivity index (χ0v) is 28.0. The van der Waals surface area contributed by atoms with E-state index in [0.717, 1.165) is 31.6 Å². The highest BCUT2D eigenvalue weighted by Crippen LogP contribution is 2.41. The first-order valence-electron chi connectivity index (χ1n) is 14.3. The Morgan fingerprint density at radius 3 is 1.69 bits per heavy atom. The van der Waals surface area contributed by atoms with Gasteiger partial charge in [0.1, 0.15) is 12.7 Å². The molecule has 0 radical (unpaired) electrons. The topological polar surface area (TPSA) is 148 Å². The van der Waals surface area contributed by atoms with E-state index >= 15 is 0 Å². The maximum absolute atomic E-state index is 6.27. The van der Waals surface area contributed by atoms with Gasteiger partial charge < -0.3 is 29.2 Å². The van der Waals surface area contributed by atoms with Crippen LogP contribution in [0.1, 0.15) is 116 Å². The van der Waals surface area contributed by atoms with E-state index in [0.29, 0.717) is 42.2 Å². The van der Waals surface area contributed by atoms with Crippen molar-refractivity contribution >= 4 is 16.6 Å². The molecular weight excluding hydrogens is 529 g/mol. The lowest BCUT2D eigenvalue weighted by molar-refractivity contribution is 0.162. The van der Waals surface area contributed by atoms with Crippen molar-refractivity contribution in [2.45, 2.75) is 147 Å². The molecule has 2 aliphatic rings. The van der Waals surface area contributed by atoms with E-state index in [1.807, 2.05) is 6.92 Å². The number of nitrogens with two attached hydrogens (primary N) is 2. The summed E-state index contributed by atoms with van der Waals surface area (Å²) in [4.78, 5) is 0. The molecule has 0 aliphatic heterocycles. The van der Waals surface area contributed by atoms with Crippen LogP contribution in [-0.2, 0) is 15.5 Å². The summed E-state index contributed by atoms with van der Waals surface area (Å²) in [5, 5.41) is 16.8. The van der Waals surface area contributed by atoms with E-state index in [4.69, 9.17) is 29.2 Å². The van der Waals surface area contributed by atoms with E-state index in [1.165, 1.54) is 0 Å². The van der Waals surface area contributed by atoms with Crippen LogP contribution in [0.2, 0.25) is 36.3 Å². The standard InChI is InChI=1S/C14H27N3O2Si.C13H25N3O2Si/c1-9(19-20(5,6)14(2,3)4)12-16-17-13(18-12)10-7-11(15)8-10;1-13(2,3)19(4,5)17-8-11-15-16-12(18-11)9-6-10(14)7-9/h9-11H,7-8,15H2,1-6H3;9-10H,6-8,14H2,1-5H3/t9-,10?,11?;/m0./s1. The highest BCUT2D eigenvalue weighted by Gasteiger charge is 2.40. The third-order valence-corrected chi connectivity index (χ3v) is 18.0. The van der Waals surface area contributed by atoms with Crippen molar-refractivity contribution in [2.24, 2.45) is 11.5 Å². The van der Waals surface area contributed by atoms with Gasteiger partial charge in [0, 0.05) is 23.9 Å². The first kappa shape index (κ1) is 32.1. The van der Waals surface area contributed by atoms with Crippen molar-refractivity contribution in [2.75, 3.05) is 0 Å². The summed E-state index contributed by atoms with van der Waals surface area (Å²) < 4.78 is 23.8. The SMILES string of the molecule is CC(C)(C)[Si](C)(C)OCc1nnc(C2CC(N)C2)o1.C[C@H](O[Si](C)(C)C(C)(C)C)c1nnc(C2CC(N)C2)o1. The molecule has 0 aromatic carbocycles. The van der Waals surface area contributed by atoms with E-state index in [-0.39, 0.29) is 22.2 Å². The highest BCUT2D eigenvalue weighted by atomic mass is 28.4. The molecule has 222 valence electrons. The van der Waals surface area contributed by atoms with Crippen molar-refractivity contribution in [1.29, 1.82) is 0 Å². The van der Waals surface area contributed by atoms with Gasteiger partial charge in [-0.05, 0) is 68.9 Å². The van der Waals surface area contributed by atoms with Crippen LogP contribution in [-0.4, -0.2) is 49.1 Å². The second-order valence-corrected chi connectivity index (χ2v) is 24.0. The van der Waals surface area contributed by atoms with Crippen LogP contribution in [0.3, 0.4) is 0 Å². The highest BCUT2D eigenvalue weighted by molar-refractivity contribution is 6.74. The molecule has 0 unspecified atom stereocenters. The van der Waals surface area contributed by atoms with Gasteiger partial charge in [0.2, 0.25) is 23.6 Å². The molecule has 0 saturated heterocycles. The van der Waals surface area contributed by atoms with Gasteiger partial charge >= 0.3 is 0 Å². The monoisotopic (exact) mass is 580 g/mol. The lowest BCUT2D eigenvalue weighted by Gasteiger charge is -2.37. The Labute approximate surface area is 236 Å². The molecule has 0 bridgehead atoms. The van der Waals surface area contributed by atoms with E-state index in [2.05, 4.69) is 88.1 Å². The fourth-order valence-corrected chi connectivity index (χ4v) is 6.18. The molecule has 12 heteroatoms. The summed E-state index contributed by atoms with van der Waals surface area (Å²) in [6, 6.07) is 0.583. The molecule has 2 heterocycles. The van der Waals surface area contributed by atoms with Crippen molar-refractivity contribution in [1.82, 2.24) is 20.4 Å². The summed E-state index contributed by atoms with van der Waals surface area (Å²) in [5.74, 6) is 3.30. The van der Waals surface area contributed by atoms with Gasteiger partial charge in [0.05, 0.1) is 0 Å². The molecule has 2 fully saturated rings. The Bertz CT molecular complexity index is 1060. The molecular formula is C27H52N6O4Si2. The predicted octanol–water partition coefficient (Wildman–Crippen LogP) is 6.15. The Morgan fingerprint density at radius 1 is 0.769 bits per heavy atom. The van der Waals surface area contributed by atoms with Crippen molar-refractivity contribution in [3.8, 4) is 0 Å². The molecule has 4 rings (SSSR count). The van der Waals surface area contributed by atoms with E-state index < -0.39 is 16.6 Å². The van der Waals surface area contributed by atoms with Crippen LogP contribution in [0.25, 0.3) is 0 Å². The molecule has 1 atom stereocenters. The number of rotatable bonds is 8. The Morgan fingerprint density at radius 2 is 1.23 bits per heavy atom. The maximum atomic E-state index is 6.27. The minimum Gasteiger partial charge on any atom is -0.423 e. The molecule has 2 aromatic rings. The van der Waals surface area contributed by atoms with E-state index in [1.54, 1.807) is 0 Å². The average Bonchev–Trinajstić information content (AvgIpc) is 3.42. The number of aromatic nitrogens is 4. The van der Waals surface area contributed by atoms with Gasteiger partial charge in [0.15, 0.2) is 16.6 Å². The van der Waals surface area contributed by atoms with Crippen LogP contribution in [0, 0.1) is 0 Å². The zero-order chi connectivity index (χ0) is 29.4. The zero-order valence-electron chi connectivity index (χ0n) is 26.0. The number of nitrogens with zero attached hydrogens (tertiary/aromatic N) is 4. The molecule has 2 aliphatic carbocycles. The number of hydrogen-bond donors (Lipinski definition) is 2. The third-order valence-electron chi connectivity index (χ3n) is 8.97. The van der Waals surface area contributed by atoms with Gasteiger partial charge in [-0.1, -0.05) is 41.5 Å². The predicted molar refractivity (Wildman–Crippen MR) is 157 cm³/mol. The number of hydrogen-bond acceptors (Lipinski definition) is 10. The molecule has 4 N–H and O–H groups in total. The summed E-state index contributed by atoms with van der Waals surface area (Å²) >= 11 is 0. The summed E-state index contributed by atoms with van der Waals surface area (Å²) in [5.41, 5.74) is 11.6. The van der Waals surface area contributed by atoms with Gasteiger partial charge in [-0.25, -0.2) is 0 Å². The molecule has 0 spiro atoms. The molecule has 2 aromatic heterocycles. The van der Waals surface area contributed by atoms with Gasteiger partial charge in [0.25, 0.3) is 0 Å². The Kier molecular flexibility index (Phi) is 9.71. The second kappa shape index (κ2) is 11.8. The van der Waals surface area contributed by atoms with Gasteiger partial charge in [-0.3, -0.25) is 0 Å². The molecule has 2 saturated carbocycles. The van der Waals surface area contributed by atoms with Gasteiger partial charge in [-0.2, -0.15) is 0 Å². The Hall–Kier alpha value is -1.45. The lowest BCUT2D eigenvalue weighted by Crippen LogP contribution is -2.41. The normalized spacial score (nSPS) is 24.8. The van der Waals surface area contributed by atoms with E-state index in [9.17, 15) is 0 Å². The maximum Gasteiger partial charge on any atom is 0.243 e. The third kappa shape index (κ3) is 8.07. The quantitative estimate of drug-likeness (QED) is 0.348. The molecule has 0 amide bonds. The van der Waals surface area contributed by atoms with Crippen LogP contribution in [0.15, 0.2) is 8.83 Å². The summed E-state index contributed by atoms with van der Waals surface area (Å²) in [7, 11) is -3.58. The van der Waals surface area contributed by atoms with Crippen LogP contribution < -0.4 is 11.5 Å². The van der Waals surface area contributed by atoms with Crippen molar-refractivity contribution in [3.05, 3.63) is 23.6 Å². The van der Waals surface area contributed by atoms with Crippen LogP contribution >= 0.6 is 0 Å². The smallest absolute Gasteiger partial charge is 0.243 e. The average molecular weight is 581 g/mol. The lowest BCUT2D eigenvalue weighted by atomic mass is 9.81.